The molecule has 0 spiro atoms. The van der Waals surface area contributed by atoms with E-state index in [2.05, 4.69) is 44.5 Å². The number of pyridine rings is 1. The summed E-state index contributed by atoms with van der Waals surface area (Å²) in [7, 11) is 0. The molecule has 1 atom stereocenters. The molecule has 21 heavy (non-hydrogen) atoms. The van der Waals surface area contributed by atoms with Crippen LogP contribution in [-0.2, 0) is 6.42 Å². The van der Waals surface area contributed by atoms with E-state index in [4.69, 9.17) is 0 Å². The van der Waals surface area contributed by atoms with Crippen LogP contribution in [0.4, 0.5) is 5.69 Å². The fourth-order valence-corrected chi connectivity index (χ4v) is 2.31. The molecule has 0 amide bonds. The molecule has 0 radical (unpaired) electrons. The van der Waals surface area contributed by atoms with Gasteiger partial charge < -0.3 is 5.32 Å². The lowest BCUT2D eigenvalue weighted by molar-refractivity contribution is 0.789. The highest BCUT2D eigenvalue weighted by atomic mass is 15.2. The lowest BCUT2D eigenvalue weighted by atomic mass is 10.1. The molecule has 0 aliphatic rings. The largest absolute Gasteiger partial charge is 0.382 e. The van der Waals surface area contributed by atoms with Gasteiger partial charge in [-0.1, -0.05) is 12.1 Å². The Hall–Kier alpha value is -2.69. The SMILES string of the molecule is CC(Cc1ccncc1)Nc1cccc(-c2ncn[nH]2)c1. The summed E-state index contributed by atoms with van der Waals surface area (Å²) in [6.45, 7) is 2.17. The third-order valence-corrected chi connectivity index (χ3v) is 3.26. The number of benzene rings is 1. The Labute approximate surface area is 123 Å². The molecule has 0 fully saturated rings. The van der Waals surface area contributed by atoms with Crippen molar-refractivity contribution in [3.63, 3.8) is 0 Å². The number of nitrogens with zero attached hydrogens (tertiary/aromatic N) is 3. The smallest absolute Gasteiger partial charge is 0.155 e. The van der Waals surface area contributed by atoms with Gasteiger partial charge in [-0.25, -0.2) is 4.98 Å². The monoisotopic (exact) mass is 279 g/mol. The quantitative estimate of drug-likeness (QED) is 0.753. The number of rotatable bonds is 5. The highest BCUT2D eigenvalue weighted by Crippen LogP contribution is 2.19. The third kappa shape index (κ3) is 3.45. The van der Waals surface area contributed by atoms with Crippen molar-refractivity contribution < 1.29 is 0 Å². The number of aromatic amines is 1. The molecule has 106 valence electrons. The van der Waals surface area contributed by atoms with Crippen molar-refractivity contribution in [2.75, 3.05) is 5.32 Å². The van der Waals surface area contributed by atoms with Crippen LogP contribution in [0.5, 0.6) is 0 Å². The van der Waals surface area contributed by atoms with Gasteiger partial charge >= 0.3 is 0 Å². The zero-order valence-corrected chi connectivity index (χ0v) is 11.8. The maximum atomic E-state index is 4.17. The van der Waals surface area contributed by atoms with E-state index < -0.39 is 0 Å². The van der Waals surface area contributed by atoms with E-state index in [0.29, 0.717) is 6.04 Å². The van der Waals surface area contributed by atoms with Crippen LogP contribution >= 0.6 is 0 Å². The summed E-state index contributed by atoms with van der Waals surface area (Å²) in [5.41, 5.74) is 3.37. The lowest BCUT2D eigenvalue weighted by Gasteiger charge is -2.15. The van der Waals surface area contributed by atoms with E-state index in [1.54, 1.807) is 0 Å². The van der Waals surface area contributed by atoms with Crippen LogP contribution < -0.4 is 5.32 Å². The Morgan fingerprint density at radius 1 is 1.19 bits per heavy atom. The summed E-state index contributed by atoms with van der Waals surface area (Å²) in [5.74, 6) is 0.778. The van der Waals surface area contributed by atoms with Gasteiger partial charge in [0.2, 0.25) is 0 Å². The summed E-state index contributed by atoms with van der Waals surface area (Å²) in [6, 6.07) is 12.6. The molecule has 2 aromatic heterocycles. The zero-order chi connectivity index (χ0) is 14.5. The van der Waals surface area contributed by atoms with Gasteiger partial charge in [0.1, 0.15) is 6.33 Å². The minimum Gasteiger partial charge on any atom is -0.382 e. The number of H-pyrrole nitrogens is 1. The number of hydrogen-bond donors (Lipinski definition) is 2. The summed E-state index contributed by atoms with van der Waals surface area (Å²) >= 11 is 0. The van der Waals surface area contributed by atoms with Crippen molar-refractivity contribution in [1.29, 1.82) is 0 Å². The minimum atomic E-state index is 0.331. The molecule has 0 aliphatic carbocycles. The molecule has 1 aromatic carbocycles. The second-order valence-corrected chi connectivity index (χ2v) is 5.02. The van der Waals surface area contributed by atoms with Crippen molar-refractivity contribution in [3.8, 4) is 11.4 Å². The summed E-state index contributed by atoms with van der Waals surface area (Å²) in [6.07, 6.45) is 6.12. The van der Waals surface area contributed by atoms with Gasteiger partial charge in [-0.05, 0) is 43.2 Å². The van der Waals surface area contributed by atoms with Crippen molar-refractivity contribution >= 4 is 5.69 Å². The van der Waals surface area contributed by atoms with Gasteiger partial charge in [0.05, 0.1) is 0 Å². The van der Waals surface area contributed by atoms with E-state index in [-0.39, 0.29) is 0 Å². The molecular formula is C16H17N5. The Morgan fingerprint density at radius 3 is 2.81 bits per heavy atom. The Bertz CT molecular complexity index is 679. The van der Waals surface area contributed by atoms with Gasteiger partial charge in [0.25, 0.3) is 0 Å². The molecule has 3 aromatic rings. The molecule has 5 nitrogen and oxygen atoms in total. The summed E-state index contributed by atoms with van der Waals surface area (Å²) < 4.78 is 0. The molecule has 2 heterocycles. The number of anilines is 1. The molecule has 5 heteroatoms. The topological polar surface area (TPSA) is 66.5 Å². The Kier molecular flexibility index (Phi) is 3.91. The first-order valence-electron chi connectivity index (χ1n) is 6.92. The first-order valence-corrected chi connectivity index (χ1v) is 6.92. The summed E-state index contributed by atoms with van der Waals surface area (Å²) in [5, 5.41) is 10.3. The van der Waals surface area contributed by atoms with Gasteiger partial charge in [-0.15, -0.1) is 0 Å². The number of aromatic nitrogens is 4. The first-order chi connectivity index (χ1) is 10.3. The van der Waals surface area contributed by atoms with Crippen molar-refractivity contribution in [2.45, 2.75) is 19.4 Å². The highest BCUT2D eigenvalue weighted by molar-refractivity contribution is 5.62. The number of nitrogens with one attached hydrogen (secondary N) is 2. The van der Waals surface area contributed by atoms with Crippen LogP contribution in [-0.4, -0.2) is 26.2 Å². The van der Waals surface area contributed by atoms with Crippen LogP contribution in [0.2, 0.25) is 0 Å². The molecule has 1 unspecified atom stereocenters. The van der Waals surface area contributed by atoms with Crippen LogP contribution in [0.25, 0.3) is 11.4 Å². The molecule has 0 bridgehead atoms. The van der Waals surface area contributed by atoms with Crippen LogP contribution in [0.15, 0.2) is 55.1 Å². The third-order valence-electron chi connectivity index (χ3n) is 3.26. The van der Waals surface area contributed by atoms with Gasteiger partial charge in [0.15, 0.2) is 5.82 Å². The van der Waals surface area contributed by atoms with Crippen LogP contribution in [0, 0.1) is 0 Å². The van der Waals surface area contributed by atoms with E-state index in [9.17, 15) is 0 Å². The van der Waals surface area contributed by atoms with Crippen molar-refractivity contribution in [1.82, 2.24) is 20.2 Å². The fraction of sp³-hybridized carbons (Fsp3) is 0.188. The number of hydrogen-bond acceptors (Lipinski definition) is 4. The second kappa shape index (κ2) is 6.17. The van der Waals surface area contributed by atoms with Gasteiger partial charge in [-0.3, -0.25) is 10.1 Å². The molecule has 0 saturated carbocycles. The Balaban J connectivity index is 1.69. The molecule has 3 rings (SSSR count). The molecule has 0 aliphatic heterocycles. The van der Waals surface area contributed by atoms with E-state index in [1.807, 2.05) is 36.7 Å². The molecular weight excluding hydrogens is 262 g/mol. The van der Waals surface area contributed by atoms with Crippen molar-refractivity contribution in [2.24, 2.45) is 0 Å². The average molecular weight is 279 g/mol. The average Bonchev–Trinajstić information content (AvgIpc) is 3.02. The van der Waals surface area contributed by atoms with Crippen LogP contribution in [0.3, 0.4) is 0 Å². The van der Waals surface area contributed by atoms with Gasteiger partial charge in [0, 0.05) is 29.7 Å². The lowest BCUT2D eigenvalue weighted by Crippen LogP contribution is -2.18. The van der Waals surface area contributed by atoms with Gasteiger partial charge in [-0.2, -0.15) is 5.10 Å². The zero-order valence-electron chi connectivity index (χ0n) is 11.8. The maximum absolute atomic E-state index is 4.17. The first kappa shape index (κ1) is 13.3. The fourth-order valence-electron chi connectivity index (χ4n) is 2.31. The normalized spacial score (nSPS) is 12.0. The second-order valence-electron chi connectivity index (χ2n) is 5.02. The molecule has 0 saturated heterocycles. The highest BCUT2D eigenvalue weighted by Gasteiger charge is 2.06. The van der Waals surface area contributed by atoms with E-state index in [1.165, 1.54) is 11.9 Å². The van der Waals surface area contributed by atoms with Crippen molar-refractivity contribution in [3.05, 3.63) is 60.7 Å². The minimum absolute atomic E-state index is 0.331. The summed E-state index contributed by atoms with van der Waals surface area (Å²) in [4.78, 5) is 8.21. The predicted octanol–water partition coefficient (Wildman–Crippen LogP) is 2.91. The van der Waals surface area contributed by atoms with E-state index in [0.717, 1.165) is 23.5 Å². The predicted molar refractivity (Wildman–Crippen MR) is 82.8 cm³/mol. The van der Waals surface area contributed by atoms with E-state index >= 15 is 0 Å². The molecule has 2 N–H and O–H groups in total. The standard InChI is InChI=1S/C16H17N5/c1-12(9-13-5-7-17-8-6-13)20-15-4-2-3-14(10-15)16-18-11-19-21-16/h2-8,10-12,20H,9H2,1H3,(H,18,19,21). The van der Waals surface area contributed by atoms with Crippen LogP contribution in [0.1, 0.15) is 12.5 Å². The Morgan fingerprint density at radius 2 is 2.05 bits per heavy atom. The maximum Gasteiger partial charge on any atom is 0.155 e.